The summed E-state index contributed by atoms with van der Waals surface area (Å²) >= 11 is 0. The Morgan fingerprint density at radius 1 is 1.11 bits per heavy atom. The number of hydrogen-bond acceptors (Lipinski definition) is 6. The van der Waals surface area contributed by atoms with Gasteiger partial charge < -0.3 is 24.2 Å². The van der Waals surface area contributed by atoms with Crippen LogP contribution in [0.4, 0.5) is 0 Å². The van der Waals surface area contributed by atoms with Crippen molar-refractivity contribution in [1.29, 1.82) is 0 Å². The number of methoxy groups -OCH3 is 1. The fraction of sp³-hybridized carbons (Fsp3) is 0.481. The van der Waals surface area contributed by atoms with E-state index in [2.05, 4.69) is 13.8 Å². The van der Waals surface area contributed by atoms with Crippen molar-refractivity contribution in [2.24, 2.45) is 11.8 Å². The molecule has 8 nitrogen and oxygen atoms in total. The lowest BCUT2D eigenvalue weighted by atomic mass is 9.82. The molecule has 0 radical (unpaired) electrons. The molecule has 3 atom stereocenters. The fourth-order valence-electron chi connectivity index (χ4n) is 5.19. The van der Waals surface area contributed by atoms with E-state index in [1.807, 2.05) is 59.2 Å². The minimum atomic E-state index is -0.891. The van der Waals surface area contributed by atoms with Gasteiger partial charge in [0, 0.05) is 31.6 Å². The molecule has 2 aromatic rings. The van der Waals surface area contributed by atoms with E-state index in [0.29, 0.717) is 42.8 Å². The summed E-state index contributed by atoms with van der Waals surface area (Å²) in [4.78, 5) is 29.8. The van der Waals surface area contributed by atoms with Crippen LogP contribution in [0.15, 0.2) is 42.5 Å². The Hall–Kier alpha value is -3.26. The highest BCUT2D eigenvalue weighted by Crippen LogP contribution is 2.47. The molecular formula is C27H34N2O6. The highest BCUT2D eigenvalue weighted by atomic mass is 16.7. The Labute approximate surface area is 206 Å². The summed E-state index contributed by atoms with van der Waals surface area (Å²) in [5.74, 6) is 0.388. The van der Waals surface area contributed by atoms with Crippen molar-refractivity contribution < 1.29 is 28.9 Å². The van der Waals surface area contributed by atoms with Crippen LogP contribution < -0.4 is 14.2 Å². The van der Waals surface area contributed by atoms with E-state index in [1.54, 1.807) is 7.11 Å². The van der Waals surface area contributed by atoms with Crippen molar-refractivity contribution >= 4 is 11.9 Å². The van der Waals surface area contributed by atoms with Gasteiger partial charge in [0.25, 0.3) is 0 Å². The molecule has 188 valence electrons. The van der Waals surface area contributed by atoms with Gasteiger partial charge in [0.2, 0.25) is 12.7 Å². The zero-order chi connectivity index (χ0) is 25.1. The SMILES string of the molecule is CCN(CC(C)C)C(=O)CN1CC(c2ccc3c(c2)OCO3)[C@H](C(=O)O)[C@H]1c1ccc(OC)cc1. The summed E-state index contributed by atoms with van der Waals surface area (Å²) in [6, 6.07) is 12.6. The van der Waals surface area contributed by atoms with Crippen LogP contribution in [-0.4, -0.2) is 66.9 Å². The van der Waals surface area contributed by atoms with Crippen molar-refractivity contribution in [3.63, 3.8) is 0 Å². The molecule has 0 bridgehead atoms. The van der Waals surface area contributed by atoms with E-state index >= 15 is 0 Å². The number of carbonyl (C=O) groups is 2. The van der Waals surface area contributed by atoms with Gasteiger partial charge in [-0.2, -0.15) is 0 Å². The molecule has 2 aliphatic heterocycles. The zero-order valence-electron chi connectivity index (χ0n) is 20.8. The van der Waals surface area contributed by atoms with Crippen LogP contribution in [0.25, 0.3) is 0 Å². The molecule has 35 heavy (non-hydrogen) atoms. The lowest BCUT2D eigenvalue weighted by Gasteiger charge is -2.30. The third-order valence-electron chi connectivity index (χ3n) is 6.82. The van der Waals surface area contributed by atoms with Gasteiger partial charge in [0.05, 0.1) is 19.6 Å². The molecule has 0 saturated carbocycles. The number of carbonyl (C=O) groups excluding carboxylic acids is 1. The first-order chi connectivity index (χ1) is 16.8. The van der Waals surface area contributed by atoms with Gasteiger partial charge in [-0.25, -0.2) is 0 Å². The van der Waals surface area contributed by atoms with Gasteiger partial charge in [0.1, 0.15) is 5.75 Å². The average molecular weight is 483 g/mol. The Balaban J connectivity index is 1.70. The van der Waals surface area contributed by atoms with Crippen LogP contribution >= 0.6 is 0 Å². The standard InChI is InChI=1S/C27H34N2O6/c1-5-28(13-17(2)3)24(30)15-29-14-21(19-8-11-22-23(12-19)35-16-34-22)25(27(31)32)26(29)18-6-9-20(33-4)10-7-18/h6-12,17,21,25-26H,5,13-16H2,1-4H3,(H,31,32)/t21?,25-,26+/m0/s1. The maximum absolute atomic E-state index is 13.3. The van der Waals surface area contributed by atoms with E-state index < -0.39 is 17.9 Å². The predicted molar refractivity (Wildman–Crippen MR) is 131 cm³/mol. The Bertz CT molecular complexity index is 1050. The number of carboxylic acid groups (broad SMARTS) is 1. The average Bonchev–Trinajstić information content (AvgIpc) is 3.46. The highest BCUT2D eigenvalue weighted by molar-refractivity contribution is 5.79. The van der Waals surface area contributed by atoms with E-state index in [1.165, 1.54) is 0 Å². The lowest BCUT2D eigenvalue weighted by molar-refractivity contribution is -0.144. The predicted octanol–water partition coefficient (Wildman–Crippen LogP) is 3.77. The van der Waals surface area contributed by atoms with Crippen molar-refractivity contribution in [3.05, 3.63) is 53.6 Å². The second kappa shape index (κ2) is 10.6. The Kier molecular flexibility index (Phi) is 7.50. The van der Waals surface area contributed by atoms with Crippen molar-refractivity contribution in [1.82, 2.24) is 9.80 Å². The summed E-state index contributed by atoms with van der Waals surface area (Å²) < 4.78 is 16.3. The smallest absolute Gasteiger partial charge is 0.309 e. The van der Waals surface area contributed by atoms with Crippen LogP contribution in [0.5, 0.6) is 17.2 Å². The molecule has 1 amide bonds. The van der Waals surface area contributed by atoms with Crippen LogP contribution in [0.2, 0.25) is 0 Å². The number of likely N-dealkylation sites (tertiary alicyclic amines) is 1. The number of hydrogen-bond donors (Lipinski definition) is 1. The molecule has 1 fully saturated rings. The highest BCUT2D eigenvalue weighted by Gasteiger charge is 2.48. The number of aliphatic carboxylic acids is 1. The summed E-state index contributed by atoms with van der Waals surface area (Å²) in [5, 5.41) is 10.4. The van der Waals surface area contributed by atoms with Gasteiger partial charge in [-0.05, 0) is 48.2 Å². The van der Waals surface area contributed by atoms with E-state index in [9.17, 15) is 14.7 Å². The maximum atomic E-state index is 13.3. The molecule has 2 aliphatic rings. The molecule has 0 aliphatic carbocycles. The second-order valence-corrected chi connectivity index (χ2v) is 9.56. The minimum absolute atomic E-state index is 0.00943. The number of benzene rings is 2. The molecular weight excluding hydrogens is 448 g/mol. The van der Waals surface area contributed by atoms with Gasteiger partial charge in [0.15, 0.2) is 11.5 Å². The van der Waals surface area contributed by atoms with Crippen molar-refractivity contribution in [2.75, 3.05) is 40.1 Å². The maximum Gasteiger partial charge on any atom is 0.309 e. The van der Waals surface area contributed by atoms with Crippen LogP contribution in [0, 0.1) is 11.8 Å². The molecule has 2 heterocycles. The molecule has 1 unspecified atom stereocenters. The number of amides is 1. The molecule has 1 N–H and O–H groups in total. The Morgan fingerprint density at radius 2 is 1.80 bits per heavy atom. The fourth-order valence-corrected chi connectivity index (χ4v) is 5.19. The molecule has 4 rings (SSSR count). The van der Waals surface area contributed by atoms with Gasteiger partial charge >= 0.3 is 5.97 Å². The quantitative estimate of drug-likeness (QED) is 0.582. The first-order valence-electron chi connectivity index (χ1n) is 12.1. The summed E-state index contributed by atoms with van der Waals surface area (Å²) in [6.45, 7) is 8.19. The number of nitrogens with zero attached hydrogens (tertiary/aromatic N) is 2. The number of likely N-dealkylation sites (N-methyl/N-ethyl adjacent to an activating group) is 1. The van der Waals surface area contributed by atoms with Gasteiger partial charge in [-0.15, -0.1) is 0 Å². The van der Waals surface area contributed by atoms with E-state index in [4.69, 9.17) is 14.2 Å². The van der Waals surface area contributed by atoms with E-state index in [0.717, 1.165) is 11.1 Å². The lowest BCUT2D eigenvalue weighted by Crippen LogP contribution is -2.42. The zero-order valence-corrected chi connectivity index (χ0v) is 20.8. The van der Waals surface area contributed by atoms with E-state index in [-0.39, 0.29) is 25.2 Å². The molecule has 0 aromatic heterocycles. The van der Waals surface area contributed by atoms with Crippen molar-refractivity contribution in [3.8, 4) is 17.2 Å². The van der Waals surface area contributed by atoms with Crippen LogP contribution in [0.3, 0.4) is 0 Å². The third kappa shape index (κ3) is 5.22. The van der Waals surface area contributed by atoms with Crippen molar-refractivity contribution in [2.45, 2.75) is 32.7 Å². The number of ether oxygens (including phenoxy) is 3. The minimum Gasteiger partial charge on any atom is -0.497 e. The normalized spacial score (nSPS) is 21.3. The number of fused-ring (bicyclic) bond motifs is 1. The van der Waals surface area contributed by atoms with Gasteiger partial charge in [-0.1, -0.05) is 32.0 Å². The van der Waals surface area contributed by atoms with Gasteiger partial charge in [-0.3, -0.25) is 14.5 Å². The Morgan fingerprint density at radius 3 is 2.43 bits per heavy atom. The number of carboxylic acids is 1. The third-order valence-corrected chi connectivity index (χ3v) is 6.82. The molecule has 0 spiro atoms. The summed E-state index contributed by atoms with van der Waals surface area (Å²) in [7, 11) is 1.60. The number of rotatable bonds is 9. The topological polar surface area (TPSA) is 88.5 Å². The first-order valence-corrected chi connectivity index (χ1v) is 12.1. The summed E-state index contributed by atoms with van der Waals surface area (Å²) in [5.41, 5.74) is 1.71. The monoisotopic (exact) mass is 482 g/mol. The summed E-state index contributed by atoms with van der Waals surface area (Å²) in [6.07, 6.45) is 0. The second-order valence-electron chi connectivity index (χ2n) is 9.56. The molecule has 1 saturated heterocycles. The first kappa shape index (κ1) is 24.9. The van der Waals surface area contributed by atoms with Crippen LogP contribution in [-0.2, 0) is 9.59 Å². The molecule has 2 aromatic carbocycles. The molecule has 8 heteroatoms. The van der Waals surface area contributed by atoms with Crippen LogP contribution in [0.1, 0.15) is 43.9 Å². The largest absolute Gasteiger partial charge is 0.497 e.